The van der Waals surface area contributed by atoms with Gasteiger partial charge in [-0.2, -0.15) is 0 Å². The molecular weight excluding hydrogens is 276 g/mol. The topological polar surface area (TPSA) is 0 Å². The van der Waals surface area contributed by atoms with Crippen LogP contribution in [0.2, 0.25) is 0 Å². The van der Waals surface area contributed by atoms with Gasteiger partial charge in [-0.05, 0) is 53.1 Å². The Morgan fingerprint density at radius 2 is 1.80 bits per heavy atom. The minimum atomic E-state index is -0.833. The Labute approximate surface area is 126 Å². The molecule has 0 atom stereocenters. The standard InChI is InChI=1S/C18H19SSi/c1-13-6-4-7-14(10-13)11-15-8-5-9-17-16(15)12-18(20)19(17,2)3/h4-10,12H,11H2,1-3H3. The van der Waals surface area contributed by atoms with Gasteiger partial charge in [0, 0.05) is 4.90 Å². The average Bonchev–Trinajstić information content (AvgIpc) is 2.62. The molecule has 3 radical (unpaired) electrons. The maximum absolute atomic E-state index is 3.82. The highest BCUT2D eigenvalue weighted by Crippen LogP contribution is 2.61. The van der Waals surface area contributed by atoms with E-state index in [1.54, 1.807) is 0 Å². The van der Waals surface area contributed by atoms with Crippen LogP contribution in [0.3, 0.4) is 0 Å². The van der Waals surface area contributed by atoms with Crippen molar-refractivity contribution in [2.45, 2.75) is 18.2 Å². The first-order valence-electron chi connectivity index (χ1n) is 6.82. The van der Waals surface area contributed by atoms with Gasteiger partial charge in [-0.25, -0.2) is 10.0 Å². The number of aryl methyl sites for hydroxylation is 1. The molecule has 0 amide bonds. The lowest BCUT2D eigenvalue weighted by atomic mass is 9.99. The van der Waals surface area contributed by atoms with Gasteiger partial charge in [0.2, 0.25) is 0 Å². The molecule has 0 saturated heterocycles. The van der Waals surface area contributed by atoms with Crippen LogP contribution < -0.4 is 0 Å². The second-order valence-corrected chi connectivity index (χ2v) is 10.3. The van der Waals surface area contributed by atoms with Gasteiger partial charge in [0.25, 0.3) is 0 Å². The molecule has 101 valence electrons. The van der Waals surface area contributed by atoms with Gasteiger partial charge in [0.1, 0.15) is 0 Å². The Balaban J connectivity index is 2.03. The Morgan fingerprint density at radius 3 is 2.55 bits per heavy atom. The first-order chi connectivity index (χ1) is 9.48. The minimum Gasteiger partial charge on any atom is -0.201 e. The van der Waals surface area contributed by atoms with E-state index in [1.165, 1.54) is 31.7 Å². The highest BCUT2D eigenvalue weighted by molar-refractivity contribution is 8.37. The molecule has 0 saturated carbocycles. The molecule has 20 heavy (non-hydrogen) atoms. The zero-order valence-electron chi connectivity index (χ0n) is 12.2. The first kappa shape index (κ1) is 13.7. The van der Waals surface area contributed by atoms with Gasteiger partial charge < -0.3 is 0 Å². The zero-order chi connectivity index (χ0) is 14.3. The monoisotopic (exact) mass is 295 g/mol. The number of fused-ring (bicyclic) bond motifs is 1. The summed E-state index contributed by atoms with van der Waals surface area (Å²) in [5, 5.41) is 0. The molecule has 0 spiro atoms. The third-order valence-corrected chi connectivity index (χ3v) is 8.36. The number of hydrogen-bond acceptors (Lipinski definition) is 0. The highest BCUT2D eigenvalue weighted by atomic mass is 32.3. The van der Waals surface area contributed by atoms with Crippen LogP contribution in [-0.2, 0) is 6.42 Å². The van der Waals surface area contributed by atoms with E-state index in [2.05, 4.69) is 78.2 Å². The molecule has 0 unspecified atom stereocenters. The Hall–Kier alpha value is -1.25. The van der Waals surface area contributed by atoms with Crippen molar-refractivity contribution in [2.24, 2.45) is 0 Å². The van der Waals surface area contributed by atoms with Crippen LogP contribution in [0, 0.1) is 6.92 Å². The van der Waals surface area contributed by atoms with Crippen molar-refractivity contribution in [1.29, 1.82) is 0 Å². The van der Waals surface area contributed by atoms with E-state index in [9.17, 15) is 0 Å². The van der Waals surface area contributed by atoms with Crippen molar-refractivity contribution < 1.29 is 0 Å². The van der Waals surface area contributed by atoms with Crippen molar-refractivity contribution >= 4 is 26.3 Å². The van der Waals surface area contributed by atoms with E-state index < -0.39 is 10.0 Å². The summed E-state index contributed by atoms with van der Waals surface area (Å²) in [6.07, 6.45) is 8.05. The normalized spacial score (nSPS) is 17.5. The largest absolute Gasteiger partial charge is 0.201 e. The molecule has 0 nitrogen and oxygen atoms in total. The van der Waals surface area contributed by atoms with Crippen LogP contribution in [0.5, 0.6) is 0 Å². The van der Waals surface area contributed by atoms with E-state index in [0.29, 0.717) is 0 Å². The van der Waals surface area contributed by atoms with Crippen LogP contribution >= 0.6 is 10.0 Å². The molecule has 1 aliphatic heterocycles. The fraction of sp³-hybridized carbons (Fsp3) is 0.222. The highest BCUT2D eigenvalue weighted by Gasteiger charge is 2.26. The van der Waals surface area contributed by atoms with E-state index in [1.807, 2.05) is 0 Å². The second kappa shape index (κ2) is 4.94. The quantitative estimate of drug-likeness (QED) is 0.716. The van der Waals surface area contributed by atoms with E-state index >= 15 is 0 Å². The minimum absolute atomic E-state index is 0.833. The molecule has 0 aliphatic carbocycles. The molecule has 0 N–H and O–H groups in total. The summed E-state index contributed by atoms with van der Waals surface area (Å²) in [7, 11) is 2.99. The van der Waals surface area contributed by atoms with Gasteiger partial charge in [0.15, 0.2) is 0 Å². The van der Waals surface area contributed by atoms with Crippen molar-refractivity contribution in [3.8, 4) is 0 Å². The fourth-order valence-corrected chi connectivity index (χ4v) is 5.07. The zero-order valence-corrected chi connectivity index (χ0v) is 14.1. The van der Waals surface area contributed by atoms with Crippen LogP contribution in [0.15, 0.2) is 51.9 Å². The number of benzene rings is 2. The summed E-state index contributed by atoms with van der Waals surface area (Å²) >= 11 is 0. The van der Waals surface area contributed by atoms with E-state index in [-0.39, 0.29) is 0 Å². The van der Waals surface area contributed by atoms with E-state index in [4.69, 9.17) is 0 Å². The first-order valence-corrected chi connectivity index (χ1v) is 9.77. The van der Waals surface area contributed by atoms with Crippen LogP contribution in [0.1, 0.15) is 22.3 Å². The van der Waals surface area contributed by atoms with Gasteiger partial charge in [-0.15, -0.1) is 0 Å². The predicted octanol–water partition coefficient (Wildman–Crippen LogP) is 4.49. The summed E-state index contributed by atoms with van der Waals surface area (Å²) < 4.78 is 1.35. The summed E-state index contributed by atoms with van der Waals surface area (Å²) in [6.45, 7) is 2.16. The molecule has 0 aromatic heterocycles. The van der Waals surface area contributed by atoms with Crippen LogP contribution in [0.25, 0.3) is 6.08 Å². The van der Waals surface area contributed by atoms with Crippen LogP contribution in [0.4, 0.5) is 0 Å². The van der Waals surface area contributed by atoms with Gasteiger partial charge in [0.05, 0.1) is 10.2 Å². The lowest BCUT2D eigenvalue weighted by Gasteiger charge is -2.29. The maximum atomic E-state index is 3.82. The maximum Gasteiger partial charge on any atom is 0.0791 e. The molecule has 2 heteroatoms. The van der Waals surface area contributed by atoms with Gasteiger partial charge in [-0.1, -0.05) is 48.0 Å². The third kappa shape index (κ3) is 2.27. The molecule has 1 aliphatic rings. The third-order valence-electron chi connectivity index (χ3n) is 4.01. The predicted molar refractivity (Wildman–Crippen MR) is 91.9 cm³/mol. The van der Waals surface area contributed by atoms with Gasteiger partial charge in [-0.3, -0.25) is 0 Å². The molecule has 3 rings (SSSR count). The number of rotatable bonds is 2. The summed E-state index contributed by atoms with van der Waals surface area (Å²) in [5.74, 6) is 0. The summed E-state index contributed by atoms with van der Waals surface area (Å²) in [6, 6.07) is 15.6. The lowest BCUT2D eigenvalue weighted by Crippen LogP contribution is -1.98. The lowest BCUT2D eigenvalue weighted by molar-refractivity contribution is 1.15. The molecule has 0 bridgehead atoms. The smallest absolute Gasteiger partial charge is 0.0791 e. The average molecular weight is 296 g/mol. The summed E-state index contributed by atoms with van der Waals surface area (Å²) in [4.78, 5) is 1.51. The van der Waals surface area contributed by atoms with Crippen molar-refractivity contribution in [3.63, 3.8) is 0 Å². The molecular formula is C18H19SSi. The molecule has 0 fully saturated rings. The van der Waals surface area contributed by atoms with Crippen molar-refractivity contribution in [2.75, 3.05) is 12.5 Å². The number of hydrogen-bond donors (Lipinski definition) is 0. The van der Waals surface area contributed by atoms with Crippen molar-refractivity contribution in [3.05, 3.63) is 69.2 Å². The van der Waals surface area contributed by atoms with Crippen molar-refractivity contribution in [1.82, 2.24) is 0 Å². The van der Waals surface area contributed by atoms with E-state index in [0.717, 1.165) is 6.42 Å². The fourth-order valence-electron chi connectivity index (χ4n) is 2.79. The Bertz CT molecular complexity index is 698. The molecule has 1 heterocycles. The Kier molecular flexibility index (Phi) is 3.39. The second-order valence-electron chi connectivity index (χ2n) is 5.83. The van der Waals surface area contributed by atoms with Crippen LogP contribution in [-0.4, -0.2) is 22.8 Å². The summed E-state index contributed by atoms with van der Waals surface area (Å²) in [5.41, 5.74) is 5.58. The molecule has 2 aromatic carbocycles. The molecule has 2 aromatic rings. The SMILES string of the molecule is Cc1cccc(Cc2cccc3c2C=C([Si])S3(C)C)c1. The Morgan fingerprint density at radius 1 is 1.05 bits per heavy atom. The van der Waals surface area contributed by atoms with Gasteiger partial charge >= 0.3 is 0 Å².